The van der Waals surface area contributed by atoms with Crippen molar-refractivity contribution >= 4 is 11.8 Å². The molecule has 0 heterocycles. The molecule has 0 aromatic carbocycles. The molecule has 0 amide bonds. The fourth-order valence-electron chi connectivity index (χ4n) is 3.68. The first-order valence-electron chi connectivity index (χ1n) is 8.37. The minimum Gasteiger partial charge on any atom is -0.320 e. The lowest BCUT2D eigenvalue weighted by Gasteiger charge is -2.39. The van der Waals surface area contributed by atoms with E-state index >= 15 is 0 Å². The first-order valence-corrected chi connectivity index (χ1v) is 9.42. The van der Waals surface area contributed by atoms with Crippen molar-refractivity contribution in [1.82, 2.24) is 0 Å². The van der Waals surface area contributed by atoms with Crippen LogP contribution in [0.25, 0.3) is 0 Å². The third kappa shape index (κ3) is 4.54. The second kappa shape index (κ2) is 6.31. The lowest BCUT2D eigenvalue weighted by Crippen LogP contribution is -2.49. The highest BCUT2D eigenvalue weighted by Crippen LogP contribution is 2.47. The van der Waals surface area contributed by atoms with Gasteiger partial charge in [0.2, 0.25) is 0 Å². The van der Waals surface area contributed by atoms with Crippen LogP contribution >= 0.6 is 11.8 Å². The van der Waals surface area contributed by atoms with E-state index in [9.17, 15) is 13.2 Å². The molecule has 0 saturated heterocycles. The molecule has 4 atom stereocenters. The van der Waals surface area contributed by atoms with Crippen LogP contribution in [0.1, 0.15) is 51.4 Å². The van der Waals surface area contributed by atoms with Gasteiger partial charge in [-0.3, -0.25) is 0 Å². The second-order valence-corrected chi connectivity index (χ2v) is 8.68. The molecule has 3 saturated carbocycles. The SMILES string of the molecule is NC(C1CC(CC2CC2)CCC1SCC1CC1)C(F)(F)F. The van der Waals surface area contributed by atoms with Crippen LogP contribution in [0.2, 0.25) is 0 Å². The van der Waals surface area contributed by atoms with Crippen LogP contribution in [-0.2, 0) is 0 Å². The first kappa shape index (κ1) is 16.0. The minimum atomic E-state index is -4.25. The van der Waals surface area contributed by atoms with E-state index in [2.05, 4.69) is 0 Å². The molecule has 0 radical (unpaired) electrons. The van der Waals surface area contributed by atoms with Crippen LogP contribution < -0.4 is 5.73 Å². The largest absolute Gasteiger partial charge is 0.403 e. The van der Waals surface area contributed by atoms with Gasteiger partial charge in [-0.25, -0.2) is 0 Å². The zero-order valence-corrected chi connectivity index (χ0v) is 13.3. The molecule has 5 heteroatoms. The molecule has 0 aromatic heterocycles. The lowest BCUT2D eigenvalue weighted by molar-refractivity contribution is -0.161. The molecule has 2 N–H and O–H groups in total. The van der Waals surface area contributed by atoms with Crippen LogP contribution in [0.3, 0.4) is 0 Å². The summed E-state index contributed by atoms with van der Waals surface area (Å²) in [5.74, 6) is 2.72. The third-order valence-electron chi connectivity index (χ3n) is 5.39. The fraction of sp³-hybridized carbons (Fsp3) is 1.00. The van der Waals surface area contributed by atoms with Crippen molar-refractivity contribution < 1.29 is 13.2 Å². The Bertz CT molecular complexity index is 352. The van der Waals surface area contributed by atoms with Crippen molar-refractivity contribution in [1.29, 1.82) is 0 Å². The molecule has 122 valence electrons. The van der Waals surface area contributed by atoms with E-state index in [0.717, 1.165) is 36.9 Å². The fourth-order valence-corrected chi connectivity index (χ4v) is 5.36. The number of nitrogens with two attached hydrogens (primary N) is 1. The summed E-state index contributed by atoms with van der Waals surface area (Å²) in [6, 6.07) is -1.63. The number of rotatable bonds is 6. The predicted molar refractivity (Wildman–Crippen MR) is 81.2 cm³/mol. The molecule has 1 nitrogen and oxygen atoms in total. The highest BCUT2D eigenvalue weighted by atomic mass is 32.2. The summed E-state index contributed by atoms with van der Waals surface area (Å²) in [6.07, 6.45) is 4.73. The van der Waals surface area contributed by atoms with E-state index in [4.69, 9.17) is 5.73 Å². The average molecular weight is 321 g/mol. The molecule has 3 aliphatic carbocycles. The Balaban J connectivity index is 1.59. The van der Waals surface area contributed by atoms with Gasteiger partial charge in [-0.05, 0) is 67.9 Å². The van der Waals surface area contributed by atoms with E-state index in [1.54, 1.807) is 11.8 Å². The number of hydrogen-bond donors (Lipinski definition) is 1. The summed E-state index contributed by atoms with van der Waals surface area (Å²) < 4.78 is 39.3. The molecular weight excluding hydrogens is 295 g/mol. The van der Waals surface area contributed by atoms with Crippen molar-refractivity contribution in [2.75, 3.05) is 5.75 Å². The van der Waals surface area contributed by atoms with Crippen LogP contribution in [0.5, 0.6) is 0 Å². The third-order valence-corrected chi connectivity index (χ3v) is 7.07. The first-order chi connectivity index (χ1) is 9.93. The van der Waals surface area contributed by atoms with Crippen LogP contribution in [-0.4, -0.2) is 23.2 Å². The van der Waals surface area contributed by atoms with Crippen LogP contribution in [0, 0.1) is 23.7 Å². The number of alkyl halides is 3. The lowest BCUT2D eigenvalue weighted by atomic mass is 9.75. The van der Waals surface area contributed by atoms with Gasteiger partial charge in [0.15, 0.2) is 0 Å². The van der Waals surface area contributed by atoms with Gasteiger partial charge in [-0.15, -0.1) is 0 Å². The van der Waals surface area contributed by atoms with Crippen molar-refractivity contribution in [2.45, 2.75) is 68.8 Å². The van der Waals surface area contributed by atoms with Crippen molar-refractivity contribution in [3.8, 4) is 0 Å². The molecule has 21 heavy (non-hydrogen) atoms. The van der Waals surface area contributed by atoms with Gasteiger partial charge in [-0.1, -0.05) is 12.8 Å². The predicted octanol–water partition coefficient (Wildman–Crippen LogP) is 4.60. The van der Waals surface area contributed by atoms with Gasteiger partial charge >= 0.3 is 6.18 Å². The molecule has 3 fully saturated rings. The van der Waals surface area contributed by atoms with Crippen LogP contribution in [0.15, 0.2) is 0 Å². The van der Waals surface area contributed by atoms with Gasteiger partial charge in [0.1, 0.15) is 6.04 Å². The summed E-state index contributed by atoms with van der Waals surface area (Å²) in [6.45, 7) is 0. The summed E-state index contributed by atoms with van der Waals surface area (Å²) in [4.78, 5) is 0. The Morgan fingerprint density at radius 1 is 0.952 bits per heavy atom. The molecule has 3 rings (SSSR count). The average Bonchev–Trinajstić information content (AvgIpc) is 3.30. The van der Waals surface area contributed by atoms with Gasteiger partial charge in [0.05, 0.1) is 0 Å². The standard InChI is InChI=1S/C16H26F3NS/c17-16(18,19)15(20)13-8-12(7-10-1-2-10)5-6-14(13)21-9-11-3-4-11/h10-15H,1-9,20H2. The summed E-state index contributed by atoms with van der Waals surface area (Å²) in [5.41, 5.74) is 5.61. The van der Waals surface area contributed by atoms with Gasteiger partial charge in [0.25, 0.3) is 0 Å². The van der Waals surface area contributed by atoms with Gasteiger partial charge in [0, 0.05) is 5.25 Å². The van der Waals surface area contributed by atoms with Crippen molar-refractivity contribution in [2.24, 2.45) is 29.4 Å². The zero-order chi connectivity index (χ0) is 15.0. The molecule has 0 bridgehead atoms. The Hall–Kier alpha value is 0.100. The quantitative estimate of drug-likeness (QED) is 0.773. The van der Waals surface area contributed by atoms with Crippen LogP contribution in [0.4, 0.5) is 13.2 Å². The van der Waals surface area contributed by atoms with Crippen molar-refractivity contribution in [3.63, 3.8) is 0 Å². The summed E-state index contributed by atoms with van der Waals surface area (Å²) in [7, 11) is 0. The van der Waals surface area contributed by atoms with E-state index in [1.165, 1.54) is 25.7 Å². The Kier molecular flexibility index (Phi) is 4.80. The highest BCUT2D eigenvalue weighted by molar-refractivity contribution is 7.99. The second-order valence-electron chi connectivity index (χ2n) is 7.40. The number of halogens is 3. The highest BCUT2D eigenvalue weighted by Gasteiger charge is 2.47. The maximum Gasteiger partial charge on any atom is 0.403 e. The molecule has 3 aliphatic rings. The Morgan fingerprint density at radius 2 is 1.57 bits per heavy atom. The topological polar surface area (TPSA) is 26.0 Å². The summed E-state index contributed by atoms with van der Waals surface area (Å²) in [5, 5.41) is 0.123. The van der Waals surface area contributed by atoms with Crippen molar-refractivity contribution in [3.05, 3.63) is 0 Å². The van der Waals surface area contributed by atoms with E-state index < -0.39 is 12.2 Å². The molecular formula is C16H26F3NS. The Labute approximate surface area is 129 Å². The molecule has 0 aliphatic heterocycles. The van der Waals surface area contributed by atoms with Gasteiger partial charge < -0.3 is 5.73 Å². The smallest absolute Gasteiger partial charge is 0.320 e. The Morgan fingerprint density at radius 3 is 2.14 bits per heavy atom. The maximum absolute atomic E-state index is 13.1. The van der Waals surface area contributed by atoms with E-state index in [0.29, 0.717) is 12.3 Å². The molecule has 0 spiro atoms. The van der Waals surface area contributed by atoms with E-state index in [1.807, 2.05) is 0 Å². The normalized spacial score (nSPS) is 35.7. The number of hydrogen-bond acceptors (Lipinski definition) is 2. The monoisotopic (exact) mass is 321 g/mol. The van der Waals surface area contributed by atoms with Gasteiger partial charge in [-0.2, -0.15) is 24.9 Å². The number of thioether (sulfide) groups is 1. The molecule has 4 unspecified atom stereocenters. The van der Waals surface area contributed by atoms with E-state index in [-0.39, 0.29) is 11.2 Å². The maximum atomic E-state index is 13.1. The minimum absolute atomic E-state index is 0.123. The summed E-state index contributed by atoms with van der Waals surface area (Å²) >= 11 is 1.78. The molecule has 0 aromatic rings. The zero-order valence-electron chi connectivity index (χ0n) is 12.4.